The molecule has 20 heavy (non-hydrogen) atoms. The summed E-state index contributed by atoms with van der Waals surface area (Å²) in [6.45, 7) is 2.94. The Balaban J connectivity index is 2.43. The van der Waals surface area contributed by atoms with Crippen molar-refractivity contribution in [1.29, 1.82) is 0 Å². The molecule has 1 aliphatic heterocycles. The molecule has 1 aromatic rings. The molecule has 1 N–H and O–H groups in total. The van der Waals surface area contributed by atoms with E-state index in [0.29, 0.717) is 5.75 Å². The Hall–Kier alpha value is -2.37. The van der Waals surface area contributed by atoms with E-state index in [1.165, 1.54) is 0 Å². The molecule has 0 aliphatic carbocycles. The van der Waals surface area contributed by atoms with Crippen LogP contribution in [0.1, 0.15) is 30.6 Å². The van der Waals surface area contributed by atoms with Crippen molar-refractivity contribution in [2.45, 2.75) is 25.9 Å². The summed E-state index contributed by atoms with van der Waals surface area (Å²) in [6.07, 6.45) is -0.296. The molecule has 2 rings (SSSR count). The second-order valence-electron chi connectivity index (χ2n) is 5.01. The number of para-hydroxylation sites is 1. The fourth-order valence-corrected chi connectivity index (χ4v) is 2.02. The number of hydrogen-bond acceptors (Lipinski definition) is 4. The highest BCUT2D eigenvalue weighted by molar-refractivity contribution is 6.09. The van der Waals surface area contributed by atoms with E-state index in [2.05, 4.69) is 0 Å². The molecular weight excluding hydrogens is 262 g/mol. The molecule has 1 aromatic carbocycles. The molecule has 1 aliphatic rings. The minimum Gasteiger partial charge on any atom is -0.481 e. The Morgan fingerprint density at radius 2 is 1.95 bits per heavy atom. The zero-order valence-electron chi connectivity index (χ0n) is 11.3. The first kappa shape index (κ1) is 14.0. The van der Waals surface area contributed by atoms with Crippen LogP contribution in [0.3, 0.4) is 0 Å². The number of ether oxygens (including phenoxy) is 1. The minimum atomic E-state index is -1.22. The number of rotatable bonds is 3. The summed E-state index contributed by atoms with van der Waals surface area (Å²) in [5.41, 5.74) is -0.961. The lowest BCUT2D eigenvalue weighted by Gasteiger charge is -2.27. The highest BCUT2D eigenvalue weighted by atomic mass is 16.5. The number of fused-ring (bicyclic) bond motifs is 1. The Morgan fingerprint density at radius 3 is 2.60 bits per heavy atom. The van der Waals surface area contributed by atoms with Crippen molar-refractivity contribution in [3.05, 3.63) is 29.8 Å². The van der Waals surface area contributed by atoms with Gasteiger partial charge in [0.25, 0.3) is 11.8 Å². The summed E-state index contributed by atoms with van der Waals surface area (Å²) in [6, 6.07) is 6.54. The van der Waals surface area contributed by atoms with Gasteiger partial charge in [-0.2, -0.15) is 0 Å². The van der Waals surface area contributed by atoms with Crippen LogP contribution in [0, 0.1) is 0 Å². The maximum atomic E-state index is 12.4. The van der Waals surface area contributed by atoms with Crippen LogP contribution in [-0.2, 0) is 9.59 Å². The molecule has 2 amide bonds. The molecule has 0 saturated heterocycles. The van der Waals surface area contributed by atoms with Crippen LogP contribution in [0.25, 0.3) is 0 Å². The van der Waals surface area contributed by atoms with Gasteiger partial charge in [-0.15, -0.1) is 0 Å². The third-order valence-corrected chi connectivity index (χ3v) is 3.04. The van der Waals surface area contributed by atoms with Crippen molar-refractivity contribution >= 4 is 17.8 Å². The smallest absolute Gasteiger partial charge is 0.305 e. The Kier molecular flexibility index (Phi) is 3.48. The number of carboxylic acids is 1. The van der Waals surface area contributed by atoms with E-state index < -0.39 is 23.4 Å². The molecule has 6 heteroatoms. The first-order chi connectivity index (χ1) is 9.33. The van der Waals surface area contributed by atoms with Crippen LogP contribution in [0.2, 0.25) is 0 Å². The van der Waals surface area contributed by atoms with E-state index in [9.17, 15) is 14.4 Å². The maximum Gasteiger partial charge on any atom is 0.305 e. The number of imide groups is 1. The van der Waals surface area contributed by atoms with Crippen molar-refractivity contribution in [3.63, 3.8) is 0 Å². The van der Waals surface area contributed by atoms with Gasteiger partial charge in [0.2, 0.25) is 0 Å². The lowest BCUT2D eigenvalue weighted by Crippen LogP contribution is -2.49. The van der Waals surface area contributed by atoms with E-state index in [0.717, 1.165) is 4.90 Å². The first-order valence-corrected chi connectivity index (χ1v) is 6.19. The number of nitrogens with zero attached hydrogens (tertiary/aromatic N) is 1. The van der Waals surface area contributed by atoms with Crippen molar-refractivity contribution in [2.75, 3.05) is 6.54 Å². The van der Waals surface area contributed by atoms with Crippen molar-refractivity contribution in [3.8, 4) is 5.75 Å². The molecular formula is C14H15NO5. The van der Waals surface area contributed by atoms with Crippen molar-refractivity contribution < 1.29 is 24.2 Å². The highest BCUT2D eigenvalue weighted by Gasteiger charge is 2.41. The molecule has 0 saturated carbocycles. The topological polar surface area (TPSA) is 83.9 Å². The van der Waals surface area contributed by atoms with Crippen molar-refractivity contribution in [2.24, 2.45) is 0 Å². The highest BCUT2D eigenvalue weighted by Crippen LogP contribution is 2.29. The summed E-state index contributed by atoms with van der Waals surface area (Å²) >= 11 is 0. The van der Waals surface area contributed by atoms with Crippen LogP contribution in [0.5, 0.6) is 5.75 Å². The fraction of sp³-hybridized carbons (Fsp3) is 0.357. The van der Waals surface area contributed by atoms with Crippen LogP contribution in [0.4, 0.5) is 0 Å². The molecule has 0 bridgehead atoms. The lowest BCUT2D eigenvalue weighted by atomic mass is 10.1. The van der Waals surface area contributed by atoms with Gasteiger partial charge in [0.05, 0.1) is 12.0 Å². The molecule has 0 fully saturated rings. The lowest BCUT2D eigenvalue weighted by molar-refractivity contribution is -0.143. The summed E-state index contributed by atoms with van der Waals surface area (Å²) in [5, 5.41) is 8.73. The van der Waals surface area contributed by atoms with E-state index in [4.69, 9.17) is 9.84 Å². The number of carbonyl (C=O) groups excluding carboxylic acids is 2. The van der Waals surface area contributed by atoms with Gasteiger partial charge in [0, 0.05) is 6.54 Å². The normalized spacial score (nSPS) is 17.2. The standard InChI is InChI=1S/C14H15NO5/c1-14(2)13(19)15(8-7-11(16)17)12(18)9-5-3-4-6-10(9)20-14/h3-6H,7-8H2,1-2H3,(H,16,17). The molecule has 1 heterocycles. The maximum absolute atomic E-state index is 12.4. The Morgan fingerprint density at radius 1 is 1.30 bits per heavy atom. The fourth-order valence-electron chi connectivity index (χ4n) is 2.02. The summed E-state index contributed by atoms with van der Waals surface area (Å²) < 4.78 is 5.60. The number of hydrogen-bond donors (Lipinski definition) is 1. The zero-order valence-corrected chi connectivity index (χ0v) is 11.3. The largest absolute Gasteiger partial charge is 0.481 e. The van der Waals surface area contributed by atoms with Crippen molar-refractivity contribution in [1.82, 2.24) is 4.90 Å². The van der Waals surface area contributed by atoms with Crippen LogP contribution in [0.15, 0.2) is 24.3 Å². The van der Waals surface area contributed by atoms with Gasteiger partial charge in [0.1, 0.15) is 5.75 Å². The second kappa shape index (κ2) is 4.96. The summed E-state index contributed by atoms with van der Waals surface area (Å²) in [5.74, 6) is -1.81. The predicted octanol–water partition coefficient (Wildman–Crippen LogP) is 1.30. The van der Waals surface area contributed by atoms with Gasteiger partial charge in [0.15, 0.2) is 5.60 Å². The predicted molar refractivity (Wildman–Crippen MR) is 69.4 cm³/mol. The molecule has 0 radical (unpaired) electrons. The monoisotopic (exact) mass is 277 g/mol. The van der Waals surface area contributed by atoms with Gasteiger partial charge < -0.3 is 9.84 Å². The molecule has 0 aromatic heterocycles. The van der Waals surface area contributed by atoms with Gasteiger partial charge in [-0.3, -0.25) is 19.3 Å². The quantitative estimate of drug-likeness (QED) is 0.842. The van der Waals surface area contributed by atoms with E-state index >= 15 is 0 Å². The number of aliphatic carboxylic acids is 1. The van der Waals surface area contributed by atoms with Gasteiger partial charge in [-0.1, -0.05) is 12.1 Å². The SMILES string of the molecule is CC1(C)Oc2ccccc2C(=O)N(CCC(=O)O)C1=O. The third kappa shape index (κ3) is 2.49. The molecule has 0 atom stereocenters. The van der Waals surface area contributed by atoms with Crippen LogP contribution in [-0.4, -0.2) is 39.9 Å². The summed E-state index contributed by atoms with van der Waals surface area (Å²) in [7, 11) is 0. The third-order valence-electron chi connectivity index (χ3n) is 3.04. The minimum absolute atomic E-state index is 0.172. The van der Waals surface area contributed by atoms with E-state index in [1.54, 1.807) is 38.1 Å². The average molecular weight is 277 g/mol. The molecule has 6 nitrogen and oxygen atoms in total. The Labute approximate surface area is 115 Å². The van der Waals surface area contributed by atoms with E-state index in [1.807, 2.05) is 0 Å². The summed E-state index contributed by atoms with van der Waals surface area (Å²) in [4.78, 5) is 36.3. The molecule has 0 unspecified atom stereocenters. The molecule has 106 valence electrons. The van der Waals surface area contributed by atoms with Crippen LogP contribution < -0.4 is 4.74 Å². The second-order valence-corrected chi connectivity index (χ2v) is 5.01. The van der Waals surface area contributed by atoms with Gasteiger partial charge >= 0.3 is 5.97 Å². The van der Waals surface area contributed by atoms with E-state index in [-0.39, 0.29) is 18.5 Å². The number of benzene rings is 1. The number of carbonyl (C=O) groups is 3. The van der Waals surface area contributed by atoms with Gasteiger partial charge in [-0.25, -0.2) is 0 Å². The molecule has 0 spiro atoms. The Bertz CT molecular complexity index is 579. The average Bonchev–Trinajstić information content (AvgIpc) is 2.44. The zero-order chi connectivity index (χ0) is 14.9. The van der Waals surface area contributed by atoms with Gasteiger partial charge in [-0.05, 0) is 26.0 Å². The number of carboxylic acid groups (broad SMARTS) is 1. The van der Waals surface area contributed by atoms with Crippen LogP contribution >= 0.6 is 0 Å². The first-order valence-electron chi connectivity index (χ1n) is 6.19. The number of amides is 2.